The number of methoxy groups -OCH3 is 1. The predicted octanol–water partition coefficient (Wildman–Crippen LogP) is 3.47. The van der Waals surface area contributed by atoms with E-state index in [0.29, 0.717) is 5.95 Å². The Morgan fingerprint density at radius 2 is 1.86 bits per heavy atom. The lowest BCUT2D eigenvalue weighted by Crippen LogP contribution is -2.05. The van der Waals surface area contributed by atoms with Gasteiger partial charge in [0.2, 0.25) is 5.95 Å². The van der Waals surface area contributed by atoms with Crippen LogP contribution in [0.15, 0.2) is 30.3 Å². The zero-order valence-corrected chi connectivity index (χ0v) is 12.4. The average Bonchev–Trinajstić information content (AvgIpc) is 2.99. The molecule has 0 atom stereocenters. The zero-order chi connectivity index (χ0) is 14.7. The molecule has 4 heteroatoms. The Bertz CT molecular complexity index is 604. The fourth-order valence-electron chi connectivity index (χ4n) is 3.04. The lowest BCUT2D eigenvalue weighted by atomic mass is 10.0. The van der Waals surface area contributed by atoms with Crippen LogP contribution < -0.4 is 10.5 Å². The maximum absolute atomic E-state index is 5.88. The van der Waals surface area contributed by atoms with Crippen molar-refractivity contribution in [2.45, 2.75) is 32.1 Å². The maximum Gasteiger partial charge on any atom is 0.220 e. The van der Waals surface area contributed by atoms with Gasteiger partial charge in [0.25, 0.3) is 0 Å². The van der Waals surface area contributed by atoms with Gasteiger partial charge >= 0.3 is 0 Å². The van der Waals surface area contributed by atoms with Gasteiger partial charge < -0.3 is 10.5 Å². The molecule has 3 rings (SSSR count). The second-order valence-electron chi connectivity index (χ2n) is 5.69. The van der Waals surface area contributed by atoms with E-state index in [0.717, 1.165) is 35.0 Å². The Hall–Kier alpha value is -2.10. The number of hydrogen-bond donors (Lipinski definition) is 1. The van der Waals surface area contributed by atoms with E-state index < -0.39 is 0 Å². The fourth-order valence-corrected chi connectivity index (χ4v) is 3.04. The monoisotopic (exact) mass is 283 g/mol. The van der Waals surface area contributed by atoms with Crippen molar-refractivity contribution in [3.05, 3.63) is 36.0 Å². The summed E-state index contributed by atoms with van der Waals surface area (Å²) in [4.78, 5) is 8.76. The third-order valence-electron chi connectivity index (χ3n) is 4.15. The molecule has 1 aromatic heterocycles. The zero-order valence-electron chi connectivity index (χ0n) is 12.4. The van der Waals surface area contributed by atoms with E-state index in [4.69, 9.17) is 10.5 Å². The van der Waals surface area contributed by atoms with Gasteiger partial charge in [0, 0.05) is 11.3 Å². The molecule has 1 heterocycles. The normalized spacial score (nSPS) is 15.3. The third kappa shape index (κ3) is 3.32. The molecule has 1 aliphatic carbocycles. The van der Waals surface area contributed by atoms with E-state index in [-0.39, 0.29) is 0 Å². The molecular formula is C17H21N3O. The second-order valence-corrected chi connectivity index (χ2v) is 5.69. The van der Waals surface area contributed by atoms with Crippen molar-refractivity contribution in [1.82, 2.24) is 9.97 Å². The summed E-state index contributed by atoms with van der Waals surface area (Å²) in [6, 6.07) is 9.94. The average molecular weight is 283 g/mol. The number of nitrogens with two attached hydrogens (primary N) is 1. The summed E-state index contributed by atoms with van der Waals surface area (Å²) < 4.78 is 5.18. The van der Waals surface area contributed by atoms with Crippen LogP contribution in [0.4, 0.5) is 5.95 Å². The van der Waals surface area contributed by atoms with Crippen molar-refractivity contribution in [1.29, 1.82) is 0 Å². The minimum absolute atomic E-state index is 0.358. The molecule has 1 aliphatic rings. The van der Waals surface area contributed by atoms with Gasteiger partial charge in [0.05, 0.1) is 12.8 Å². The number of nitrogens with zero attached hydrogens (tertiary/aromatic N) is 2. The van der Waals surface area contributed by atoms with Crippen molar-refractivity contribution in [3.8, 4) is 17.0 Å². The Labute approximate surface area is 125 Å². The molecule has 21 heavy (non-hydrogen) atoms. The SMILES string of the molecule is COc1ccc(-c2cc(CC3CCCC3)nc(N)n2)cc1. The van der Waals surface area contributed by atoms with Gasteiger partial charge in [-0.1, -0.05) is 25.7 Å². The Morgan fingerprint density at radius 1 is 1.14 bits per heavy atom. The summed E-state index contributed by atoms with van der Waals surface area (Å²) >= 11 is 0. The number of aromatic nitrogens is 2. The van der Waals surface area contributed by atoms with E-state index in [1.165, 1.54) is 25.7 Å². The molecule has 0 amide bonds. The van der Waals surface area contributed by atoms with E-state index in [2.05, 4.69) is 16.0 Å². The van der Waals surface area contributed by atoms with Gasteiger partial charge in [-0.3, -0.25) is 0 Å². The molecule has 4 nitrogen and oxygen atoms in total. The van der Waals surface area contributed by atoms with Crippen LogP contribution in [0.3, 0.4) is 0 Å². The molecule has 2 N–H and O–H groups in total. The maximum atomic E-state index is 5.88. The highest BCUT2D eigenvalue weighted by Crippen LogP contribution is 2.29. The number of nitrogen functional groups attached to an aromatic ring is 1. The van der Waals surface area contributed by atoms with Crippen molar-refractivity contribution in [2.24, 2.45) is 5.92 Å². The van der Waals surface area contributed by atoms with Crippen LogP contribution >= 0.6 is 0 Å². The molecule has 0 bridgehead atoms. The van der Waals surface area contributed by atoms with Gasteiger partial charge in [-0.15, -0.1) is 0 Å². The van der Waals surface area contributed by atoms with Crippen LogP contribution in [0.5, 0.6) is 5.75 Å². The minimum atomic E-state index is 0.358. The van der Waals surface area contributed by atoms with Gasteiger partial charge in [0.1, 0.15) is 5.75 Å². The first kappa shape index (κ1) is 13.9. The van der Waals surface area contributed by atoms with Crippen molar-refractivity contribution < 1.29 is 4.74 Å². The molecule has 0 aliphatic heterocycles. The predicted molar refractivity (Wildman–Crippen MR) is 84.1 cm³/mol. The molecule has 0 spiro atoms. The van der Waals surface area contributed by atoms with Crippen LogP contribution in [0.25, 0.3) is 11.3 Å². The van der Waals surface area contributed by atoms with Gasteiger partial charge in [-0.05, 0) is 42.7 Å². The van der Waals surface area contributed by atoms with Gasteiger partial charge in [-0.2, -0.15) is 0 Å². The van der Waals surface area contributed by atoms with E-state index in [9.17, 15) is 0 Å². The van der Waals surface area contributed by atoms with Crippen LogP contribution in [-0.4, -0.2) is 17.1 Å². The third-order valence-corrected chi connectivity index (χ3v) is 4.15. The smallest absolute Gasteiger partial charge is 0.220 e. The van der Waals surface area contributed by atoms with E-state index in [1.54, 1.807) is 7.11 Å². The van der Waals surface area contributed by atoms with Crippen molar-refractivity contribution >= 4 is 5.95 Å². The summed E-state index contributed by atoms with van der Waals surface area (Å²) in [5.74, 6) is 1.95. The standard InChI is InChI=1S/C17H21N3O/c1-21-15-8-6-13(7-9-15)16-11-14(19-17(18)20-16)10-12-4-2-3-5-12/h6-9,11-12H,2-5,10H2,1H3,(H2,18,19,20). The summed E-state index contributed by atoms with van der Waals surface area (Å²) in [6.45, 7) is 0. The number of rotatable bonds is 4. The first-order valence-corrected chi connectivity index (χ1v) is 7.52. The largest absolute Gasteiger partial charge is 0.497 e. The molecular weight excluding hydrogens is 262 g/mol. The molecule has 1 fully saturated rings. The second kappa shape index (κ2) is 6.12. The molecule has 2 aromatic rings. The summed E-state index contributed by atoms with van der Waals surface area (Å²) in [5.41, 5.74) is 8.86. The molecule has 1 saturated carbocycles. The molecule has 110 valence electrons. The van der Waals surface area contributed by atoms with Crippen LogP contribution in [0.2, 0.25) is 0 Å². The minimum Gasteiger partial charge on any atom is -0.497 e. The lowest BCUT2D eigenvalue weighted by Gasteiger charge is -2.10. The Kier molecular flexibility index (Phi) is 4.04. The van der Waals surface area contributed by atoms with Crippen LogP contribution in [-0.2, 0) is 6.42 Å². The number of ether oxygens (including phenoxy) is 1. The first-order valence-electron chi connectivity index (χ1n) is 7.52. The summed E-state index contributed by atoms with van der Waals surface area (Å²) in [6.07, 6.45) is 6.31. The highest BCUT2D eigenvalue weighted by atomic mass is 16.5. The molecule has 0 radical (unpaired) electrons. The van der Waals surface area contributed by atoms with E-state index in [1.807, 2.05) is 24.3 Å². The highest BCUT2D eigenvalue weighted by molar-refractivity contribution is 5.61. The van der Waals surface area contributed by atoms with Crippen LogP contribution in [0, 0.1) is 5.92 Å². The van der Waals surface area contributed by atoms with Gasteiger partial charge in [0.15, 0.2) is 0 Å². The van der Waals surface area contributed by atoms with Gasteiger partial charge in [-0.25, -0.2) is 9.97 Å². The highest BCUT2D eigenvalue weighted by Gasteiger charge is 2.17. The molecule has 1 aromatic carbocycles. The van der Waals surface area contributed by atoms with Crippen molar-refractivity contribution in [3.63, 3.8) is 0 Å². The number of hydrogen-bond acceptors (Lipinski definition) is 4. The topological polar surface area (TPSA) is 61.0 Å². The summed E-state index contributed by atoms with van der Waals surface area (Å²) in [5, 5.41) is 0. The Morgan fingerprint density at radius 3 is 2.52 bits per heavy atom. The summed E-state index contributed by atoms with van der Waals surface area (Å²) in [7, 11) is 1.66. The van der Waals surface area contributed by atoms with Crippen LogP contribution in [0.1, 0.15) is 31.4 Å². The molecule has 0 saturated heterocycles. The quantitative estimate of drug-likeness (QED) is 0.933. The fraction of sp³-hybridized carbons (Fsp3) is 0.412. The molecule has 0 unspecified atom stereocenters. The van der Waals surface area contributed by atoms with E-state index >= 15 is 0 Å². The Balaban J connectivity index is 1.85. The number of benzene rings is 1. The first-order chi connectivity index (χ1) is 10.2. The van der Waals surface area contributed by atoms with Crippen molar-refractivity contribution in [2.75, 3.05) is 12.8 Å². The number of anilines is 1. The lowest BCUT2D eigenvalue weighted by molar-refractivity contribution is 0.415.